The zero-order chi connectivity index (χ0) is 18.2. The third kappa shape index (κ3) is 3.19. The van der Waals surface area contributed by atoms with Crippen molar-refractivity contribution in [3.05, 3.63) is 53.6 Å². The molecule has 3 rings (SSSR count). The van der Waals surface area contributed by atoms with Gasteiger partial charge < -0.3 is 10.6 Å². The fraction of sp³-hybridized carbons (Fsp3) is 0.188. The van der Waals surface area contributed by atoms with Gasteiger partial charge in [-0.05, 0) is 30.3 Å². The van der Waals surface area contributed by atoms with E-state index in [9.17, 15) is 26.4 Å². The second-order valence-electron chi connectivity index (χ2n) is 5.39. The SMILES string of the molecule is O=C1NCCNc2ccc(C(F)(F)F)cc2S(=O)(=O)c2ccccc21. The van der Waals surface area contributed by atoms with Crippen molar-refractivity contribution in [3.63, 3.8) is 0 Å². The number of hydrogen-bond acceptors (Lipinski definition) is 4. The third-order valence-corrected chi connectivity index (χ3v) is 5.60. The minimum absolute atomic E-state index is 0.0546. The van der Waals surface area contributed by atoms with E-state index in [2.05, 4.69) is 10.6 Å². The summed E-state index contributed by atoms with van der Waals surface area (Å²) >= 11 is 0. The number of nitrogens with one attached hydrogen (secondary N) is 2. The van der Waals surface area contributed by atoms with E-state index in [-0.39, 0.29) is 29.2 Å². The zero-order valence-corrected chi connectivity index (χ0v) is 13.5. The van der Waals surface area contributed by atoms with E-state index in [1.807, 2.05) is 0 Å². The first-order valence-electron chi connectivity index (χ1n) is 7.29. The van der Waals surface area contributed by atoms with E-state index in [0.717, 1.165) is 12.1 Å². The molecule has 1 aliphatic heterocycles. The molecular weight excluding hydrogens is 357 g/mol. The summed E-state index contributed by atoms with van der Waals surface area (Å²) in [5.41, 5.74) is -1.12. The molecule has 0 spiro atoms. The van der Waals surface area contributed by atoms with Gasteiger partial charge in [-0.25, -0.2) is 8.42 Å². The predicted molar refractivity (Wildman–Crippen MR) is 84.2 cm³/mol. The van der Waals surface area contributed by atoms with E-state index in [1.165, 1.54) is 24.3 Å². The van der Waals surface area contributed by atoms with Gasteiger partial charge >= 0.3 is 6.18 Å². The highest BCUT2D eigenvalue weighted by atomic mass is 32.2. The Morgan fingerprint density at radius 3 is 2.32 bits per heavy atom. The molecule has 0 saturated carbocycles. The molecular formula is C16H13F3N2O3S. The largest absolute Gasteiger partial charge is 0.416 e. The first-order valence-corrected chi connectivity index (χ1v) is 8.77. The number of amides is 1. The fourth-order valence-corrected chi connectivity index (χ4v) is 4.20. The van der Waals surface area contributed by atoms with E-state index in [4.69, 9.17) is 0 Å². The summed E-state index contributed by atoms with van der Waals surface area (Å²) in [6, 6.07) is 7.93. The summed E-state index contributed by atoms with van der Waals surface area (Å²) < 4.78 is 65.0. The molecule has 0 saturated heterocycles. The maximum absolute atomic E-state index is 13.0. The average Bonchev–Trinajstić information content (AvgIpc) is 2.57. The molecule has 1 amide bonds. The second kappa shape index (κ2) is 6.07. The van der Waals surface area contributed by atoms with Gasteiger partial charge in [-0.15, -0.1) is 0 Å². The number of benzene rings is 2. The minimum Gasteiger partial charge on any atom is -0.382 e. The third-order valence-electron chi connectivity index (χ3n) is 3.75. The first kappa shape index (κ1) is 17.3. The summed E-state index contributed by atoms with van der Waals surface area (Å²) in [6.45, 7) is 0.357. The number of sulfone groups is 1. The smallest absolute Gasteiger partial charge is 0.382 e. The molecule has 2 aromatic rings. The number of carbonyl (C=O) groups excluding carboxylic acids is 1. The van der Waals surface area contributed by atoms with Crippen LogP contribution in [0.2, 0.25) is 0 Å². The summed E-state index contributed by atoms with van der Waals surface area (Å²) in [5.74, 6) is -0.601. The van der Waals surface area contributed by atoms with Crippen molar-refractivity contribution < 1.29 is 26.4 Å². The molecule has 0 bridgehead atoms. The lowest BCUT2D eigenvalue weighted by Crippen LogP contribution is -2.31. The molecule has 9 heteroatoms. The highest BCUT2D eigenvalue weighted by Crippen LogP contribution is 2.36. The number of alkyl halides is 3. The van der Waals surface area contributed by atoms with Crippen LogP contribution >= 0.6 is 0 Å². The van der Waals surface area contributed by atoms with Crippen molar-refractivity contribution in [1.29, 1.82) is 0 Å². The quantitative estimate of drug-likeness (QED) is 0.748. The van der Waals surface area contributed by atoms with E-state index in [1.54, 1.807) is 0 Å². The summed E-state index contributed by atoms with van der Waals surface area (Å²) in [5, 5.41) is 5.32. The number of halogens is 3. The molecule has 1 heterocycles. The van der Waals surface area contributed by atoms with Gasteiger partial charge in [0.2, 0.25) is 9.84 Å². The van der Waals surface area contributed by atoms with Crippen LogP contribution in [0, 0.1) is 0 Å². The normalized spacial score (nSPS) is 16.8. The highest BCUT2D eigenvalue weighted by molar-refractivity contribution is 7.91. The molecule has 0 unspecified atom stereocenters. The van der Waals surface area contributed by atoms with Gasteiger partial charge in [-0.2, -0.15) is 13.2 Å². The van der Waals surface area contributed by atoms with Gasteiger partial charge in [0.05, 0.1) is 26.6 Å². The standard InChI is InChI=1S/C16H13F3N2O3S/c17-16(18,19)10-5-6-12-14(9-10)25(23,24)13-4-2-1-3-11(13)15(22)21-8-7-20-12/h1-6,9,20H,7-8H2,(H,21,22). The number of hydrogen-bond donors (Lipinski definition) is 2. The Balaban J connectivity index is 2.30. The Morgan fingerprint density at radius 2 is 1.60 bits per heavy atom. The monoisotopic (exact) mass is 370 g/mol. The Labute approximate surface area is 141 Å². The summed E-state index contributed by atoms with van der Waals surface area (Å²) in [6.07, 6.45) is -4.68. The van der Waals surface area contributed by atoms with Crippen LogP contribution in [0.3, 0.4) is 0 Å². The number of carbonyl (C=O) groups is 1. The van der Waals surface area contributed by atoms with Crippen molar-refractivity contribution >= 4 is 21.4 Å². The molecule has 0 aromatic heterocycles. The van der Waals surface area contributed by atoms with Crippen LogP contribution in [0.4, 0.5) is 18.9 Å². The van der Waals surface area contributed by atoms with E-state index in [0.29, 0.717) is 6.07 Å². The van der Waals surface area contributed by atoms with Gasteiger partial charge in [-0.3, -0.25) is 4.79 Å². The minimum atomic E-state index is -4.68. The lowest BCUT2D eigenvalue weighted by molar-refractivity contribution is -0.137. The van der Waals surface area contributed by atoms with Gasteiger partial charge in [0, 0.05) is 13.1 Å². The van der Waals surface area contributed by atoms with Crippen LogP contribution in [0.15, 0.2) is 52.3 Å². The van der Waals surface area contributed by atoms with Crippen molar-refractivity contribution in [2.75, 3.05) is 18.4 Å². The van der Waals surface area contributed by atoms with Gasteiger partial charge in [-0.1, -0.05) is 12.1 Å². The van der Waals surface area contributed by atoms with Gasteiger partial charge in [0.25, 0.3) is 5.91 Å². The van der Waals surface area contributed by atoms with Crippen molar-refractivity contribution in [2.45, 2.75) is 16.0 Å². The predicted octanol–water partition coefficient (Wildman–Crippen LogP) is 2.69. The molecule has 0 atom stereocenters. The Morgan fingerprint density at radius 1 is 0.920 bits per heavy atom. The molecule has 0 fully saturated rings. The summed E-state index contributed by atoms with van der Waals surface area (Å²) in [4.78, 5) is 11.3. The van der Waals surface area contributed by atoms with E-state index >= 15 is 0 Å². The molecule has 2 N–H and O–H groups in total. The van der Waals surface area contributed by atoms with Crippen LogP contribution in [-0.4, -0.2) is 27.4 Å². The topological polar surface area (TPSA) is 75.3 Å². The Hall–Kier alpha value is -2.55. The molecule has 5 nitrogen and oxygen atoms in total. The lowest BCUT2D eigenvalue weighted by atomic mass is 10.2. The highest BCUT2D eigenvalue weighted by Gasteiger charge is 2.34. The fourth-order valence-electron chi connectivity index (χ4n) is 2.54. The van der Waals surface area contributed by atoms with Crippen LogP contribution in [0.25, 0.3) is 0 Å². The number of fused-ring (bicyclic) bond motifs is 2. The van der Waals surface area contributed by atoms with Crippen molar-refractivity contribution in [1.82, 2.24) is 5.32 Å². The van der Waals surface area contributed by atoms with Crippen molar-refractivity contribution in [2.24, 2.45) is 0 Å². The van der Waals surface area contributed by atoms with Gasteiger partial charge in [0.1, 0.15) is 0 Å². The Bertz CT molecular complexity index is 940. The Kier molecular flexibility index (Phi) is 4.19. The molecule has 0 radical (unpaired) electrons. The maximum atomic E-state index is 13.0. The molecule has 132 valence electrons. The molecule has 25 heavy (non-hydrogen) atoms. The average molecular weight is 370 g/mol. The van der Waals surface area contributed by atoms with Crippen LogP contribution in [0.5, 0.6) is 0 Å². The first-order chi connectivity index (χ1) is 11.7. The lowest BCUT2D eigenvalue weighted by Gasteiger charge is -2.19. The maximum Gasteiger partial charge on any atom is 0.416 e. The molecule has 0 aliphatic carbocycles. The summed E-state index contributed by atoms with van der Waals surface area (Å²) in [7, 11) is -4.34. The van der Waals surface area contributed by atoms with Crippen LogP contribution in [0.1, 0.15) is 15.9 Å². The second-order valence-corrected chi connectivity index (χ2v) is 7.28. The zero-order valence-electron chi connectivity index (χ0n) is 12.7. The van der Waals surface area contributed by atoms with E-state index < -0.39 is 32.4 Å². The van der Waals surface area contributed by atoms with Crippen LogP contribution in [-0.2, 0) is 16.0 Å². The van der Waals surface area contributed by atoms with Gasteiger partial charge in [0.15, 0.2) is 0 Å². The molecule has 2 aromatic carbocycles. The number of rotatable bonds is 0. The van der Waals surface area contributed by atoms with Crippen molar-refractivity contribution in [3.8, 4) is 0 Å². The molecule has 1 aliphatic rings. The van der Waals surface area contributed by atoms with Crippen LogP contribution < -0.4 is 10.6 Å². The number of anilines is 1.